The van der Waals surface area contributed by atoms with Gasteiger partial charge in [0.15, 0.2) is 22.8 Å². The van der Waals surface area contributed by atoms with Gasteiger partial charge in [0.2, 0.25) is 5.89 Å². The van der Waals surface area contributed by atoms with E-state index in [1.54, 1.807) is 0 Å². The van der Waals surface area contributed by atoms with Gasteiger partial charge in [-0.05, 0) is 48.1 Å². The summed E-state index contributed by atoms with van der Waals surface area (Å²) in [6.07, 6.45) is 0. The van der Waals surface area contributed by atoms with Crippen LogP contribution < -0.4 is 10.1 Å². The normalized spacial score (nSPS) is 11.1. The van der Waals surface area contributed by atoms with Gasteiger partial charge in [-0.25, -0.2) is 13.8 Å². The Bertz CT molecular complexity index is 1080. The summed E-state index contributed by atoms with van der Waals surface area (Å²) in [5, 5.41) is 2.53. The Balaban J connectivity index is 1.73. The summed E-state index contributed by atoms with van der Waals surface area (Å²) >= 11 is 3.33. The molecule has 2 aromatic carbocycles. The molecule has 0 saturated heterocycles. The molecule has 3 aromatic rings. The van der Waals surface area contributed by atoms with Crippen LogP contribution >= 0.6 is 15.9 Å². The fourth-order valence-electron chi connectivity index (χ4n) is 3.01. The molecule has 0 saturated carbocycles. The minimum absolute atomic E-state index is 0.182. The van der Waals surface area contributed by atoms with Gasteiger partial charge >= 0.3 is 0 Å². The maximum Gasteiger partial charge on any atom is 0.258 e. The first-order valence-electron chi connectivity index (χ1n) is 10.2. The van der Waals surface area contributed by atoms with Crippen LogP contribution in [0.15, 0.2) is 45.5 Å². The van der Waals surface area contributed by atoms with Crippen LogP contribution in [0.4, 0.5) is 8.78 Å². The standard InChI is InChI=1S/C23H24BrF2N3O3/c1-4-29(5-2)13-27-23(30)19-16(25)10-11-17(20(19)26)31-12-18-28-21(22(24)32-18)15-8-6-14(3)7-9-15/h6-11H,4-5,12-13H2,1-3H3,(H,27,30). The van der Waals surface area contributed by atoms with Gasteiger partial charge in [-0.1, -0.05) is 43.7 Å². The molecule has 32 heavy (non-hydrogen) atoms. The van der Waals surface area contributed by atoms with Crippen LogP contribution in [0.25, 0.3) is 11.3 Å². The molecular weight excluding hydrogens is 484 g/mol. The highest BCUT2D eigenvalue weighted by molar-refractivity contribution is 9.10. The van der Waals surface area contributed by atoms with Crippen molar-refractivity contribution in [3.8, 4) is 17.0 Å². The number of nitrogens with zero attached hydrogens (tertiary/aromatic N) is 2. The number of oxazole rings is 1. The van der Waals surface area contributed by atoms with Crippen LogP contribution in [-0.2, 0) is 6.61 Å². The number of halogens is 3. The number of aromatic nitrogens is 1. The number of amides is 1. The Morgan fingerprint density at radius 3 is 2.50 bits per heavy atom. The molecule has 0 atom stereocenters. The molecule has 1 amide bonds. The summed E-state index contributed by atoms with van der Waals surface area (Å²) in [7, 11) is 0. The van der Waals surface area contributed by atoms with Crippen LogP contribution in [0, 0.1) is 18.6 Å². The van der Waals surface area contributed by atoms with E-state index in [2.05, 4.69) is 26.2 Å². The number of nitrogens with one attached hydrogen (secondary N) is 1. The van der Waals surface area contributed by atoms with E-state index >= 15 is 0 Å². The molecule has 9 heteroatoms. The van der Waals surface area contributed by atoms with Crippen LogP contribution in [0.3, 0.4) is 0 Å². The van der Waals surface area contributed by atoms with E-state index in [4.69, 9.17) is 9.15 Å². The Hall–Kier alpha value is -2.78. The van der Waals surface area contributed by atoms with Crippen molar-refractivity contribution in [2.75, 3.05) is 19.8 Å². The third-order valence-electron chi connectivity index (χ3n) is 4.95. The predicted octanol–water partition coefficient (Wildman–Crippen LogP) is 5.30. The van der Waals surface area contributed by atoms with E-state index in [1.165, 1.54) is 0 Å². The Morgan fingerprint density at radius 1 is 1.16 bits per heavy atom. The quantitative estimate of drug-likeness (QED) is 0.398. The van der Waals surface area contributed by atoms with E-state index in [1.807, 2.05) is 49.9 Å². The molecule has 1 heterocycles. The maximum atomic E-state index is 14.9. The van der Waals surface area contributed by atoms with Crippen molar-refractivity contribution < 1.29 is 22.7 Å². The van der Waals surface area contributed by atoms with Gasteiger partial charge in [-0.2, -0.15) is 0 Å². The first-order valence-corrected chi connectivity index (χ1v) is 11.0. The van der Waals surface area contributed by atoms with E-state index in [9.17, 15) is 13.6 Å². The zero-order chi connectivity index (χ0) is 23.3. The number of aryl methyl sites for hydroxylation is 1. The summed E-state index contributed by atoms with van der Waals surface area (Å²) in [5.41, 5.74) is 1.85. The molecule has 0 radical (unpaired) electrons. The van der Waals surface area contributed by atoms with Crippen molar-refractivity contribution in [2.45, 2.75) is 27.4 Å². The topological polar surface area (TPSA) is 67.6 Å². The number of benzene rings is 2. The molecule has 1 N–H and O–H groups in total. The second kappa shape index (κ2) is 10.7. The molecule has 0 aliphatic carbocycles. The second-order valence-corrected chi connectivity index (χ2v) is 7.81. The Kier molecular flexibility index (Phi) is 7.98. The number of rotatable bonds is 9. The lowest BCUT2D eigenvalue weighted by Gasteiger charge is -2.19. The predicted molar refractivity (Wildman–Crippen MR) is 120 cm³/mol. The molecule has 170 valence electrons. The van der Waals surface area contributed by atoms with Gasteiger partial charge in [0.1, 0.15) is 17.1 Å². The fourth-order valence-corrected chi connectivity index (χ4v) is 3.51. The average molecular weight is 508 g/mol. The SMILES string of the molecule is CCN(CC)CNC(=O)c1c(F)ccc(OCc2nc(-c3ccc(C)cc3)c(Br)o2)c1F. The molecule has 0 aliphatic rings. The van der Waals surface area contributed by atoms with Crippen LogP contribution in [0.5, 0.6) is 5.75 Å². The minimum atomic E-state index is -1.08. The molecule has 0 bridgehead atoms. The largest absolute Gasteiger partial charge is 0.481 e. The number of carbonyl (C=O) groups excluding carboxylic acids is 1. The summed E-state index contributed by atoms with van der Waals surface area (Å²) in [6, 6.07) is 9.84. The lowest BCUT2D eigenvalue weighted by molar-refractivity contribution is 0.0916. The second-order valence-electron chi connectivity index (χ2n) is 7.09. The number of hydrogen-bond donors (Lipinski definition) is 1. The Morgan fingerprint density at radius 2 is 1.84 bits per heavy atom. The number of carbonyl (C=O) groups is 1. The average Bonchev–Trinajstić information content (AvgIpc) is 3.15. The molecule has 1 aromatic heterocycles. The molecule has 3 rings (SSSR count). The first-order chi connectivity index (χ1) is 15.3. The lowest BCUT2D eigenvalue weighted by Crippen LogP contribution is -2.38. The van der Waals surface area contributed by atoms with Gasteiger partial charge < -0.3 is 14.5 Å². The molecule has 0 aliphatic heterocycles. The third-order valence-corrected chi connectivity index (χ3v) is 5.48. The van der Waals surface area contributed by atoms with Gasteiger partial charge in [0.25, 0.3) is 5.91 Å². The summed E-state index contributed by atoms with van der Waals surface area (Å²) in [6.45, 7) is 7.21. The van der Waals surface area contributed by atoms with Gasteiger partial charge in [0.05, 0.1) is 6.67 Å². The summed E-state index contributed by atoms with van der Waals surface area (Å²) < 4.78 is 40.5. The van der Waals surface area contributed by atoms with E-state index in [0.29, 0.717) is 23.5 Å². The van der Waals surface area contributed by atoms with Crippen LogP contribution in [0.1, 0.15) is 35.7 Å². The third kappa shape index (κ3) is 5.52. The minimum Gasteiger partial charge on any atom is -0.481 e. The zero-order valence-electron chi connectivity index (χ0n) is 18.0. The molecule has 0 fully saturated rings. The number of ether oxygens (including phenoxy) is 1. The van der Waals surface area contributed by atoms with Gasteiger partial charge in [-0.15, -0.1) is 0 Å². The van der Waals surface area contributed by atoms with E-state index in [0.717, 1.165) is 23.3 Å². The molecule has 0 spiro atoms. The molecule has 0 unspecified atom stereocenters. The highest BCUT2D eigenvalue weighted by Crippen LogP contribution is 2.30. The van der Waals surface area contributed by atoms with Gasteiger partial charge in [0, 0.05) is 5.56 Å². The highest BCUT2D eigenvalue weighted by atomic mass is 79.9. The first kappa shape index (κ1) is 23.9. The number of hydrogen-bond acceptors (Lipinski definition) is 5. The van der Waals surface area contributed by atoms with Crippen molar-refractivity contribution in [3.63, 3.8) is 0 Å². The van der Waals surface area contributed by atoms with E-state index in [-0.39, 0.29) is 24.9 Å². The summed E-state index contributed by atoms with van der Waals surface area (Å²) in [4.78, 5) is 18.6. The van der Waals surface area contributed by atoms with Crippen molar-refractivity contribution in [3.05, 3.63) is 69.7 Å². The molecular formula is C23H24BrF2N3O3. The zero-order valence-corrected chi connectivity index (χ0v) is 19.6. The highest BCUT2D eigenvalue weighted by Gasteiger charge is 2.22. The van der Waals surface area contributed by atoms with Crippen molar-refractivity contribution >= 4 is 21.8 Å². The maximum absolute atomic E-state index is 14.9. The van der Waals surface area contributed by atoms with Gasteiger partial charge in [-0.3, -0.25) is 9.69 Å². The van der Waals surface area contributed by atoms with Crippen molar-refractivity contribution in [2.24, 2.45) is 0 Å². The van der Waals surface area contributed by atoms with Crippen molar-refractivity contribution in [1.82, 2.24) is 15.2 Å². The van der Waals surface area contributed by atoms with Crippen LogP contribution in [-0.4, -0.2) is 35.5 Å². The van der Waals surface area contributed by atoms with E-state index < -0.39 is 23.1 Å². The molecule has 6 nitrogen and oxygen atoms in total. The van der Waals surface area contributed by atoms with Crippen molar-refractivity contribution in [1.29, 1.82) is 0 Å². The smallest absolute Gasteiger partial charge is 0.258 e. The Labute approximate surface area is 193 Å². The summed E-state index contributed by atoms with van der Waals surface area (Å²) in [5.74, 6) is -2.97. The lowest BCUT2D eigenvalue weighted by atomic mass is 10.1. The monoisotopic (exact) mass is 507 g/mol. The van der Waals surface area contributed by atoms with Crippen LogP contribution in [0.2, 0.25) is 0 Å². The fraction of sp³-hybridized carbons (Fsp3) is 0.304.